The van der Waals surface area contributed by atoms with Gasteiger partial charge in [-0.05, 0) is 23.8 Å². The van der Waals surface area contributed by atoms with Gasteiger partial charge in [0, 0.05) is 36.8 Å². The van der Waals surface area contributed by atoms with Crippen molar-refractivity contribution in [2.75, 3.05) is 32.9 Å². The highest BCUT2D eigenvalue weighted by molar-refractivity contribution is 5.78. The van der Waals surface area contributed by atoms with Crippen molar-refractivity contribution in [3.63, 3.8) is 0 Å². The molecule has 2 saturated heterocycles. The zero-order chi connectivity index (χ0) is 17.1. The zero-order valence-corrected chi connectivity index (χ0v) is 14.1. The van der Waals surface area contributed by atoms with Gasteiger partial charge in [0.1, 0.15) is 5.76 Å². The second-order valence-corrected chi connectivity index (χ2v) is 6.96. The van der Waals surface area contributed by atoms with Crippen LogP contribution in [0.2, 0.25) is 0 Å². The van der Waals surface area contributed by atoms with Crippen LogP contribution in [-0.2, 0) is 27.3 Å². The fourth-order valence-electron chi connectivity index (χ4n) is 3.76. The molecule has 6 heteroatoms. The Hall–Kier alpha value is -2.18. The summed E-state index contributed by atoms with van der Waals surface area (Å²) in [6.07, 6.45) is 5.48. The van der Waals surface area contributed by atoms with Gasteiger partial charge in [-0.2, -0.15) is 0 Å². The van der Waals surface area contributed by atoms with E-state index in [0.29, 0.717) is 51.1 Å². The molecule has 1 amide bonds. The van der Waals surface area contributed by atoms with Gasteiger partial charge in [-0.25, -0.2) is 0 Å². The van der Waals surface area contributed by atoms with E-state index >= 15 is 0 Å². The molecule has 25 heavy (non-hydrogen) atoms. The van der Waals surface area contributed by atoms with E-state index in [9.17, 15) is 4.79 Å². The number of likely N-dealkylation sites (tertiary alicyclic amines) is 1. The summed E-state index contributed by atoms with van der Waals surface area (Å²) in [4.78, 5) is 18.6. The lowest BCUT2D eigenvalue weighted by Crippen LogP contribution is -2.37. The fourth-order valence-corrected chi connectivity index (χ4v) is 3.76. The summed E-state index contributed by atoms with van der Waals surface area (Å²) in [5, 5.41) is 0. The van der Waals surface area contributed by atoms with Gasteiger partial charge in [0.2, 0.25) is 5.91 Å². The quantitative estimate of drug-likeness (QED) is 0.802. The lowest BCUT2D eigenvalue weighted by molar-refractivity contribution is -0.130. The van der Waals surface area contributed by atoms with E-state index < -0.39 is 0 Å². The minimum Gasteiger partial charge on any atom is -0.469 e. The average molecular weight is 342 g/mol. The van der Waals surface area contributed by atoms with E-state index in [1.165, 1.54) is 0 Å². The molecular weight excluding hydrogens is 320 g/mol. The SMILES string of the molecule is O=C(Cc1ccco1)N1C[C@@H]2COC[C@]2(COCc2cccnc2)C1. The van der Waals surface area contributed by atoms with Crippen molar-refractivity contribution < 1.29 is 18.7 Å². The van der Waals surface area contributed by atoms with Crippen LogP contribution < -0.4 is 0 Å². The maximum atomic E-state index is 12.6. The Kier molecular flexibility index (Phi) is 4.55. The van der Waals surface area contributed by atoms with Crippen LogP contribution in [0.4, 0.5) is 0 Å². The van der Waals surface area contributed by atoms with Crippen molar-refractivity contribution >= 4 is 5.91 Å². The molecule has 2 fully saturated rings. The first-order valence-corrected chi connectivity index (χ1v) is 8.60. The summed E-state index contributed by atoms with van der Waals surface area (Å²) in [5.74, 6) is 1.15. The number of pyridine rings is 1. The fraction of sp³-hybridized carbons (Fsp3) is 0.474. The highest BCUT2D eigenvalue weighted by atomic mass is 16.5. The largest absolute Gasteiger partial charge is 0.469 e. The van der Waals surface area contributed by atoms with Crippen LogP contribution in [0.5, 0.6) is 0 Å². The number of rotatable bonds is 6. The summed E-state index contributed by atoms with van der Waals surface area (Å²) < 4.78 is 17.0. The number of hydrogen-bond donors (Lipinski definition) is 0. The molecule has 4 heterocycles. The number of amides is 1. The van der Waals surface area contributed by atoms with Crippen LogP contribution in [-0.4, -0.2) is 48.7 Å². The van der Waals surface area contributed by atoms with Gasteiger partial charge in [-0.3, -0.25) is 9.78 Å². The predicted octanol–water partition coefficient (Wildman–Crippen LogP) is 1.91. The summed E-state index contributed by atoms with van der Waals surface area (Å²) in [6.45, 7) is 3.88. The number of fused-ring (bicyclic) bond motifs is 1. The van der Waals surface area contributed by atoms with Crippen molar-refractivity contribution in [3.8, 4) is 0 Å². The van der Waals surface area contributed by atoms with Crippen LogP contribution in [0.15, 0.2) is 47.3 Å². The van der Waals surface area contributed by atoms with Crippen LogP contribution in [0.3, 0.4) is 0 Å². The maximum Gasteiger partial charge on any atom is 0.230 e. The highest BCUT2D eigenvalue weighted by Crippen LogP contribution is 2.41. The molecule has 0 N–H and O–H groups in total. The standard InChI is InChI=1S/C19H22N2O4/c22-18(7-17-4-2-6-25-17)21-9-16-11-24-14-19(16,12-21)13-23-10-15-3-1-5-20-8-15/h1-6,8,16H,7,9-14H2/t16-,19-/m1/s1. The minimum absolute atomic E-state index is 0.0962. The molecule has 0 spiro atoms. The van der Waals surface area contributed by atoms with E-state index in [0.717, 1.165) is 12.1 Å². The third kappa shape index (κ3) is 3.45. The van der Waals surface area contributed by atoms with Crippen LogP contribution in [0, 0.1) is 11.3 Å². The minimum atomic E-state index is -0.0962. The van der Waals surface area contributed by atoms with E-state index in [1.807, 2.05) is 35.4 Å². The maximum absolute atomic E-state index is 12.6. The van der Waals surface area contributed by atoms with Gasteiger partial charge < -0.3 is 18.8 Å². The van der Waals surface area contributed by atoms with E-state index in [-0.39, 0.29) is 11.3 Å². The van der Waals surface area contributed by atoms with Crippen LogP contribution in [0.1, 0.15) is 11.3 Å². The molecule has 0 aromatic carbocycles. The van der Waals surface area contributed by atoms with Gasteiger partial charge in [0.05, 0.1) is 39.1 Å². The number of aromatic nitrogens is 1. The molecule has 2 aliphatic heterocycles. The second-order valence-electron chi connectivity index (χ2n) is 6.96. The Morgan fingerprint density at radius 1 is 1.40 bits per heavy atom. The third-order valence-corrected chi connectivity index (χ3v) is 5.16. The number of carbonyl (C=O) groups excluding carboxylic acids is 1. The van der Waals surface area contributed by atoms with Crippen molar-refractivity contribution in [3.05, 3.63) is 54.2 Å². The molecule has 2 aliphatic rings. The molecule has 0 unspecified atom stereocenters. The van der Waals surface area contributed by atoms with Crippen LogP contribution in [0.25, 0.3) is 0 Å². The first kappa shape index (κ1) is 16.3. The van der Waals surface area contributed by atoms with E-state index in [1.54, 1.807) is 12.5 Å². The Balaban J connectivity index is 1.36. The molecule has 0 saturated carbocycles. The number of nitrogens with zero attached hydrogens (tertiary/aromatic N) is 2. The lowest BCUT2D eigenvalue weighted by Gasteiger charge is -2.26. The predicted molar refractivity (Wildman–Crippen MR) is 89.6 cm³/mol. The molecular formula is C19H22N2O4. The summed E-state index contributed by atoms with van der Waals surface area (Å²) >= 11 is 0. The number of carbonyl (C=O) groups is 1. The van der Waals surface area contributed by atoms with Gasteiger partial charge in [0.25, 0.3) is 0 Å². The molecule has 4 rings (SSSR count). The van der Waals surface area contributed by atoms with E-state index in [2.05, 4.69) is 4.98 Å². The molecule has 2 aromatic heterocycles. The van der Waals surface area contributed by atoms with Gasteiger partial charge >= 0.3 is 0 Å². The summed E-state index contributed by atoms with van der Waals surface area (Å²) in [6, 6.07) is 7.55. The number of furan rings is 1. The lowest BCUT2D eigenvalue weighted by atomic mass is 9.82. The number of hydrogen-bond acceptors (Lipinski definition) is 5. The second kappa shape index (κ2) is 6.98. The van der Waals surface area contributed by atoms with Gasteiger partial charge in [-0.15, -0.1) is 0 Å². The summed E-state index contributed by atoms with van der Waals surface area (Å²) in [7, 11) is 0. The molecule has 0 radical (unpaired) electrons. The first-order chi connectivity index (χ1) is 12.3. The zero-order valence-electron chi connectivity index (χ0n) is 14.1. The Morgan fingerprint density at radius 2 is 2.36 bits per heavy atom. The van der Waals surface area contributed by atoms with Gasteiger partial charge in [0.15, 0.2) is 0 Å². The van der Waals surface area contributed by atoms with Crippen molar-refractivity contribution in [1.82, 2.24) is 9.88 Å². The Bertz CT molecular complexity index is 703. The van der Waals surface area contributed by atoms with E-state index in [4.69, 9.17) is 13.9 Å². The van der Waals surface area contributed by atoms with Crippen LogP contribution >= 0.6 is 0 Å². The molecule has 6 nitrogen and oxygen atoms in total. The normalized spacial score (nSPS) is 25.3. The average Bonchev–Trinajstić information content (AvgIpc) is 3.31. The topological polar surface area (TPSA) is 64.8 Å². The number of ether oxygens (including phenoxy) is 2. The molecule has 0 bridgehead atoms. The summed E-state index contributed by atoms with van der Waals surface area (Å²) in [5.41, 5.74) is 0.958. The highest BCUT2D eigenvalue weighted by Gasteiger charge is 2.51. The third-order valence-electron chi connectivity index (χ3n) is 5.16. The van der Waals surface area contributed by atoms with Gasteiger partial charge in [-0.1, -0.05) is 6.07 Å². The van der Waals surface area contributed by atoms with Crippen molar-refractivity contribution in [2.24, 2.45) is 11.3 Å². The van der Waals surface area contributed by atoms with Crippen molar-refractivity contribution in [2.45, 2.75) is 13.0 Å². The smallest absolute Gasteiger partial charge is 0.230 e. The molecule has 0 aliphatic carbocycles. The van der Waals surface area contributed by atoms with Crippen molar-refractivity contribution in [1.29, 1.82) is 0 Å². The molecule has 2 atom stereocenters. The molecule has 132 valence electrons. The molecule has 2 aromatic rings. The Morgan fingerprint density at radius 3 is 3.16 bits per heavy atom. The Labute approximate surface area is 146 Å². The monoisotopic (exact) mass is 342 g/mol. The first-order valence-electron chi connectivity index (χ1n) is 8.60.